The molecule has 2 heterocycles. The highest BCUT2D eigenvalue weighted by atomic mass is 35.5. The van der Waals surface area contributed by atoms with Crippen molar-refractivity contribution in [3.63, 3.8) is 0 Å². The van der Waals surface area contributed by atoms with Crippen LogP contribution in [0, 0.1) is 0 Å². The van der Waals surface area contributed by atoms with Gasteiger partial charge in [0.2, 0.25) is 11.8 Å². The molecule has 2 aromatic carbocycles. The molecule has 0 saturated carbocycles. The van der Waals surface area contributed by atoms with Gasteiger partial charge in [0.15, 0.2) is 0 Å². The van der Waals surface area contributed by atoms with Gasteiger partial charge < -0.3 is 14.5 Å². The summed E-state index contributed by atoms with van der Waals surface area (Å²) in [4.78, 5) is 31.7. The van der Waals surface area contributed by atoms with Crippen molar-refractivity contribution in [1.29, 1.82) is 0 Å². The fraction of sp³-hybridized carbons (Fsp3) is 0.310. The van der Waals surface area contributed by atoms with E-state index in [0.717, 1.165) is 23.1 Å². The Balaban J connectivity index is 1.54. The third-order valence-corrected chi connectivity index (χ3v) is 7.50. The second-order valence-electron chi connectivity index (χ2n) is 8.64. The van der Waals surface area contributed by atoms with Crippen LogP contribution in [0.4, 0.5) is 0 Å². The Kier molecular flexibility index (Phi) is 9.34. The van der Waals surface area contributed by atoms with Crippen LogP contribution in [0.25, 0.3) is 6.08 Å². The molecular formula is C29H31ClN2O3S. The van der Waals surface area contributed by atoms with E-state index in [4.69, 9.17) is 16.3 Å². The molecule has 7 heteroatoms. The third-order valence-electron chi connectivity index (χ3n) is 6.25. The topological polar surface area (TPSA) is 49.9 Å². The number of benzene rings is 2. The number of thiophene rings is 1. The number of fused-ring (bicyclic) bond motifs is 1. The second-order valence-corrected chi connectivity index (χ2v) is 10.1. The average Bonchev–Trinajstić information content (AvgIpc) is 3.38. The lowest BCUT2D eigenvalue weighted by atomic mass is 9.93. The average molecular weight is 523 g/mol. The summed E-state index contributed by atoms with van der Waals surface area (Å²) in [6, 6.07) is 19.3. The van der Waals surface area contributed by atoms with Crippen molar-refractivity contribution in [3.05, 3.63) is 98.7 Å². The maximum Gasteiger partial charge on any atom is 0.247 e. The van der Waals surface area contributed by atoms with Crippen LogP contribution in [0.2, 0.25) is 5.02 Å². The van der Waals surface area contributed by atoms with Gasteiger partial charge in [-0.05, 0) is 66.1 Å². The largest absolute Gasteiger partial charge is 0.382 e. The molecule has 0 aliphatic carbocycles. The summed E-state index contributed by atoms with van der Waals surface area (Å²) < 4.78 is 5.47. The van der Waals surface area contributed by atoms with Gasteiger partial charge in [-0.1, -0.05) is 54.1 Å². The number of hydrogen-bond donors (Lipinski definition) is 0. The van der Waals surface area contributed by atoms with Gasteiger partial charge in [0.05, 0.1) is 6.04 Å². The molecule has 0 radical (unpaired) electrons. The number of nitrogens with zero attached hydrogens (tertiary/aromatic N) is 2. The summed E-state index contributed by atoms with van der Waals surface area (Å²) in [6.45, 7) is 4.20. The van der Waals surface area contributed by atoms with Crippen LogP contribution in [-0.4, -0.2) is 54.5 Å². The van der Waals surface area contributed by atoms with E-state index in [1.807, 2.05) is 66.4 Å². The number of rotatable bonds is 10. The van der Waals surface area contributed by atoms with E-state index in [9.17, 15) is 9.59 Å². The predicted molar refractivity (Wildman–Crippen MR) is 146 cm³/mol. The van der Waals surface area contributed by atoms with Gasteiger partial charge in [0, 0.05) is 42.3 Å². The van der Waals surface area contributed by atoms with E-state index in [-0.39, 0.29) is 24.4 Å². The Bertz CT molecular complexity index is 1180. The molecule has 36 heavy (non-hydrogen) atoms. The highest BCUT2D eigenvalue weighted by Gasteiger charge is 2.33. The summed E-state index contributed by atoms with van der Waals surface area (Å²) >= 11 is 7.87. The standard InChI is InChI=1S/C29H31ClN2O3S/c1-2-35-19-6-17-31(27(33)14-9-22-7-4-3-5-8-22)21-28(34)32-18-15-26-25(16-20-36-26)29(32)23-10-12-24(30)13-11-23/h3-5,7-14,16,20,29H,2,6,15,17-19,21H2,1H3/b14-9+. The Morgan fingerprint density at radius 3 is 2.67 bits per heavy atom. The van der Waals surface area contributed by atoms with E-state index < -0.39 is 0 Å². The summed E-state index contributed by atoms with van der Waals surface area (Å²) in [5.41, 5.74) is 3.11. The molecule has 0 saturated heterocycles. The number of amides is 2. The monoisotopic (exact) mass is 522 g/mol. The number of halogens is 1. The first-order chi connectivity index (χ1) is 17.6. The molecule has 0 fully saturated rings. The Morgan fingerprint density at radius 2 is 1.92 bits per heavy atom. The first-order valence-electron chi connectivity index (χ1n) is 12.3. The van der Waals surface area contributed by atoms with Crippen LogP contribution in [0.1, 0.15) is 41.0 Å². The van der Waals surface area contributed by atoms with Crippen molar-refractivity contribution in [2.45, 2.75) is 25.8 Å². The van der Waals surface area contributed by atoms with Crippen LogP contribution in [-0.2, 0) is 20.7 Å². The van der Waals surface area contributed by atoms with E-state index in [2.05, 4.69) is 11.4 Å². The van der Waals surface area contributed by atoms with Gasteiger partial charge in [0.1, 0.15) is 6.54 Å². The molecule has 3 aromatic rings. The molecular weight excluding hydrogens is 492 g/mol. The van der Waals surface area contributed by atoms with Gasteiger partial charge in [0.25, 0.3) is 0 Å². The Labute approximate surface area is 221 Å². The lowest BCUT2D eigenvalue weighted by Crippen LogP contribution is -2.46. The van der Waals surface area contributed by atoms with E-state index >= 15 is 0 Å². The molecule has 1 aromatic heterocycles. The van der Waals surface area contributed by atoms with Crippen molar-refractivity contribution < 1.29 is 14.3 Å². The zero-order chi connectivity index (χ0) is 25.3. The fourth-order valence-electron chi connectivity index (χ4n) is 4.45. The van der Waals surface area contributed by atoms with Gasteiger partial charge in [-0.3, -0.25) is 9.59 Å². The molecule has 1 unspecified atom stereocenters. The quantitative estimate of drug-likeness (QED) is 0.248. The van der Waals surface area contributed by atoms with Crippen molar-refractivity contribution >= 4 is 40.8 Å². The van der Waals surface area contributed by atoms with Crippen LogP contribution in [0.15, 0.2) is 72.1 Å². The maximum absolute atomic E-state index is 13.7. The fourth-order valence-corrected chi connectivity index (χ4v) is 5.48. The minimum absolute atomic E-state index is 0.0215. The molecule has 188 valence electrons. The van der Waals surface area contributed by atoms with Crippen LogP contribution in [0.5, 0.6) is 0 Å². The maximum atomic E-state index is 13.7. The highest BCUT2D eigenvalue weighted by Crippen LogP contribution is 2.38. The van der Waals surface area contributed by atoms with Crippen molar-refractivity contribution in [2.75, 3.05) is 32.8 Å². The van der Waals surface area contributed by atoms with Crippen molar-refractivity contribution in [1.82, 2.24) is 9.80 Å². The molecule has 4 rings (SSSR count). The first-order valence-corrected chi connectivity index (χ1v) is 13.5. The summed E-state index contributed by atoms with van der Waals surface area (Å²) in [6.07, 6.45) is 4.82. The number of carbonyl (C=O) groups is 2. The highest BCUT2D eigenvalue weighted by molar-refractivity contribution is 7.10. The SMILES string of the molecule is CCOCCCN(CC(=O)N1CCc2sccc2C1c1ccc(Cl)cc1)C(=O)/C=C/c1ccccc1. The van der Waals surface area contributed by atoms with E-state index in [0.29, 0.717) is 37.7 Å². The predicted octanol–water partition coefficient (Wildman–Crippen LogP) is 5.84. The lowest BCUT2D eigenvalue weighted by molar-refractivity contribution is -0.139. The van der Waals surface area contributed by atoms with Gasteiger partial charge in [-0.15, -0.1) is 11.3 Å². The normalized spacial score (nSPS) is 15.2. The summed E-state index contributed by atoms with van der Waals surface area (Å²) in [5.74, 6) is -0.246. The molecule has 0 bridgehead atoms. The Hall–Kier alpha value is -2.93. The molecule has 1 aliphatic rings. The number of ether oxygens (including phenoxy) is 1. The van der Waals surface area contributed by atoms with Crippen LogP contribution in [0.3, 0.4) is 0 Å². The minimum atomic E-state index is -0.190. The van der Waals surface area contributed by atoms with Gasteiger partial charge in [-0.25, -0.2) is 0 Å². The van der Waals surface area contributed by atoms with Crippen molar-refractivity contribution in [2.24, 2.45) is 0 Å². The van der Waals surface area contributed by atoms with E-state index in [1.165, 1.54) is 4.88 Å². The van der Waals surface area contributed by atoms with Crippen LogP contribution >= 0.6 is 22.9 Å². The minimum Gasteiger partial charge on any atom is -0.382 e. The van der Waals surface area contributed by atoms with Crippen molar-refractivity contribution in [3.8, 4) is 0 Å². The first kappa shape index (κ1) is 26.1. The number of carbonyl (C=O) groups excluding carboxylic acids is 2. The molecule has 1 atom stereocenters. The lowest BCUT2D eigenvalue weighted by Gasteiger charge is -2.37. The third kappa shape index (κ3) is 6.64. The molecule has 0 spiro atoms. The summed E-state index contributed by atoms with van der Waals surface area (Å²) in [7, 11) is 0. The molecule has 5 nitrogen and oxygen atoms in total. The zero-order valence-electron chi connectivity index (χ0n) is 20.4. The van der Waals surface area contributed by atoms with Crippen LogP contribution < -0.4 is 0 Å². The molecule has 0 N–H and O–H groups in total. The van der Waals surface area contributed by atoms with Gasteiger partial charge in [-0.2, -0.15) is 0 Å². The Morgan fingerprint density at radius 1 is 1.14 bits per heavy atom. The summed E-state index contributed by atoms with van der Waals surface area (Å²) in [5, 5.41) is 2.74. The zero-order valence-corrected chi connectivity index (χ0v) is 22.0. The van der Waals surface area contributed by atoms with Gasteiger partial charge >= 0.3 is 0 Å². The van der Waals surface area contributed by atoms with E-state index in [1.54, 1.807) is 28.4 Å². The second kappa shape index (κ2) is 12.9. The molecule has 1 aliphatic heterocycles. The molecule has 2 amide bonds. The number of hydrogen-bond acceptors (Lipinski definition) is 4. The smallest absolute Gasteiger partial charge is 0.247 e.